The molecule has 0 fully saturated rings. The number of ether oxygens (including phenoxy) is 1. The van der Waals surface area contributed by atoms with Crippen molar-refractivity contribution in [1.29, 1.82) is 0 Å². The minimum absolute atomic E-state index is 0.153. The Morgan fingerprint density at radius 2 is 1.73 bits per heavy atom. The van der Waals surface area contributed by atoms with Gasteiger partial charge >= 0.3 is 5.97 Å². The predicted octanol–water partition coefficient (Wildman–Crippen LogP) is -2.22. The van der Waals surface area contributed by atoms with Crippen LogP contribution in [0.4, 0.5) is 0 Å². The van der Waals surface area contributed by atoms with Gasteiger partial charge in [-0.2, -0.15) is 4.31 Å². The molecule has 0 aliphatic carbocycles. The quantitative estimate of drug-likeness (QED) is 0.489. The summed E-state index contributed by atoms with van der Waals surface area (Å²) in [6.45, 7) is -1.05. The number of aliphatic hydroxyl groups excluding tert-OH is 2. The Labute approximate surface area is 88.3 Å². The maximum atomic E-state index is 11.5. The topological polar surface area (TPSA) is 104 Å². The third-order valence-corrected chi connectivity index (χ3v) is 3.37. The Morgan fingerprint density at radius 3 is 2.07 bits per heavy atom. The van der Waals surface area contributed by atoms with E-state index in [1.807, 2.05) is 0 Å². The molecule has 15 heavy (non-hydrogen) atoms. The van der Waals surface area contributed by atoms with Crippen LogP contribution in [-0.4, -0.2) is 68.1 Å². The van der Waals surface area contributed by atoms with Gasteiger partial charge < -0.3 is 14.9 Å². The van der Waals surface area contributed by atoms with Crippen LogP contribution in [0, 0.1) is 0 Å². The Kier molecular flexibility index (Phi) is 6.41. The van der Waals surface area contributed by atoms with E-state index in [4.69, 9.17) is 10.2 Å². The van der Waals surface area contributed by atoms with E-state index in [-0.39, 0.29) is 26.3 Å². The summed E-state index contributed by atoms with van der Waals surface area (Å²) in [5.41, 5.74) is 0. The number of hydrogen-bond acceptors (Lipinski definition) is 6. The molecule has 0 amide bonds. The summed E-state index contributed by atoms with van der Waals surface area (Å²) < 4.78 is 28.0. The number of nitrogens with zero attached hydrogens (tertiary/aromatic N) is 1. The Hall–Kier alpha value is -0.700. The van der Waals surface area contributed by atoms with Crippen LogP contribution in [0.25, 0.3) is 0 Å². The second kappa shape index (κ2) is 6.72. The van der Waals surface area contributed by atoms with Crippen LogP contribution in [0.5, 0.6) is 0 Å². The summed E-state index contributed by atoms with van der Waals surface area (Å²) >= 11 is 0. The van der Waals surface area contributed by atoms with E-state index in [1.54, 1.807) is 0 Å². The van der Waals surface area contributed by atoms with Crippen molar-refractivity contribution in [3.05, 3.63) is 0 Å². The molecule has 0 heterocycles. The van der Waals surface area contributed by atoms with Crippen molar-refractivity contribution >= 4 is 16.0 Å². The Balaban J connectivity index is 4.56. The fourth-order valence-corrected chi connectivity index (χ4v) is 2.23. The van der Waals surface area contributed by atoms with Crippen LogP contribution in [0.2, 0.25) is 0 Å². The van der Waals surface area contributed by atoms with E-state index < -0.39 is 21.7 Å². The van der Waals surface area contributed by atoms with Gasteiger partial charge in [0.05, 0.1) is 20.3 Å². The van der Waals surface area contributed by atoms with Crippen molar-refractivity contribution in [2.24, 2.45) is 0 Å². The largest absolute Gasteiger partial charge is 0.468 e. The van der Waals surface area contributed by atoms with E-state index in [1.165, 1.54) is 0 Å². The summed E-state index contributed by atoms with van der Waals surface area (Å²) in [6.07, 6.45) is 0. The number of carbonyl (C=O) groups excluding carboxylic acids is 1. The molecule has 0 atom stereocenters. The van der Waals surface area contributed by atoms with Crippen molar-refractivity contribution in [2.45, 2.75) is 0 Å². The minimum Gasteiger partial charge on any atom is -0.468 e. The molecule has 0 spiro atoms. The van der Waals surface area contributed by atoms with Crippen LogP contribution in [0.3, 0.4) is 0 Å². The summed E-state index contributed by atoms with van der Waals surface area (Å²) in [4.78, 5) is 10.8. The molecule has 2 N–H and O–H groups in total. The molecule has 0 aromatic heterocycles. The highest BCUT2D eigenvalue weighted by atomic mass is 32.2. The molecule has 0 aliphatic heterocycles. The zero-order valence-corrected chi connectivity index (χ0v) is 9.23. The third-order valence-electron chi connectivity index (χ3n) is 1.62. The van der Waals surface area contributed by atoms with Gasteiger partial charge in [0.25, 0.3) is 0 Å². The highest BCUT2D eigenvalue weighted by Crippen LogP contribution is 2.01. The van der Waals surface area contributed by atoms with E-state index >= 15 is 0 Å². The zero-order chi connectivity index (χ0) is 11.9. The first-order chi connectivity index (χ1) is 6.97. The molecule has 8 heteroatoms. The Morgan fingerprint density at radius 1 is 1.27 bits per heavy atom. The van der Waals surface area contributed by atoms with E-state index in [0.29, 0.717) is 0 Å². The van der Waals surface area contributed by atoms with Crippen molar-refractivity contribution in [3.8, 4) is 0 Å². The molecule has 0 bridgehead atoms. The van der Waals surface area contributed by atoms with Gasteiger partial charge in [-0.3, -0.25) is 4.79 Å². The first-order valence-electron chi connectivity index (χ1n) is 4.24. The Bertz CT molecular complexity index is 282. The van der Waals surface area contributed by atoms with Gasteiger partial charge in [-0.05, 0) is 0 Å². The molecule has 0 radical (unpaired) electrons. The summed E-state index contributed by atoms with van der Waals surface area (Å²) in [6, 6.07) is 0. The van der Waals surface area contributed by atoms with Gasteiger partial charge in [-0.1, -0.05) is 0 Å². The molecule has 0 aromatic rings. The molecule has 7 nitrogen and oxygen atoms in total. The highest BCUT2D eigenvalue weighted by molar-refractivity contribution is 7.89. The van der Waals surface area contributed by atoms with Crippen molar-refractivity contribution < 1.29 is 28.2 Å². The van der Waals surface area contributed by atoms with Crippen molar-refractivity contribution in [3.63, 3.8) is 0 Å². The highest BCUT2D eigenvalue weighted by Gasteiger charge is 2.24. The van der Waals surface area contributed by atoms with Crippen molar-refractivity contribution in [2.75, 3.05) is 39.2 Å². The number of rotatable bonds is 7. The molecule has 0 rings (SSSR count). The van der Waals surface area contributed by atoms with Gasteiger partial charge in [0.2, 0.25) is 10.0 Å². The first-order valence-corrected chi connectivity index (χ1v) is 5.85. The van der Waals surface area contributed by atoms with Gasteiger partial charge in [-0.25, -0.2) is 8.42 Å². The standard InChI is InChI=1S/C7H15NO6S/c1-14-7(11)6-15(12,13)8(2-4-9)3-5-10/h9-10H,2-6H2,1H3. The number of methoxy groups -OCH3 is 1. The fourth-order valence-electron chi connectivity index (χ4n) is 0.912. The second-order valence-corrected chi connectivity index (χ2v) is 4.65. The van der Waals surface area contributed by atoms with E-state index in [2.05, 4.69) is 4.74 Å². The van der Waals surface area contributed by atoms with Gasteiger partial charge in [-0.15, -0.1) is 0 Å². The van der Waals surface area contributed by atoms with Gasteiger partial charge in [0, 0.05) is 13.1 Å². The van der Waals surface area contributed by atoms with Gasteiger partial charge in [0.15, 0.2) is 5.75 Å². The molecule has 0 unspecified atom stereocenters. The fraction of sp³-hybridized carbons (Fsp3) is 0.857. The molecular weight excluding hydrogens is 226 g/mol. The minimum atomic E-state index is -3.82. The lowest BCUT2D eigenvalue weighted by atomic mass is 10.6. The molecule has 0 aromatic carbocycles. The number of aliphatic hydroxyl groups is 2. The monoisotopic (exact) mass is 241 g/mol. The summed E-state index contributed by atoms with van der Waals surface area (Å²) in [5, 5.41) is 17.2. The number of esters is 1. The SMILES string of the molecule is COC(=O)CS(=O)(=O)N(CCO)CCO. The lowest BCUT2D eigenvalue weighted by Crippen LogP contribution is -2.39. The van der Waals surface area contributed by atoms with Crippen LogP contribution in [-0.2, 0) is 19.6 Å². The average molecular weight is 241 g/mol. The predicted molar refractivity (Wildman–Crippen MR) is 51.5 cm³/mol. The smallest absolute Gasteiger partial charge is 0.322 e. The lowest BCUT2D eigenvalue weighted by molar-refractivity contribution is -0.137. The normalized spacial score (nSPS) is 11.7. The summed E-state index contributed by atoms with van der Waals surface area (Å²) in [7, 11) is -2.74. The van der Waals surface area contributed by atoms with E-state index in [0.717, 1.165) is 11.4 Å². The molecule has 0 saturated heterocycles. The van der Waals surface area contributed by atoms with Crippen molar-refractivity contribution in [1.82, 2.24) is 4.31 Å². The lowest BCUT2D eigenvalue weighted by Gasteiger charge is -2.19. The van der Waals surface area contributed by atoms with Gasteiger partial charge in [0.1, 0.15) is 0 Å². The maximum Gasteiger partial charge on any atom is 0.322 e. The third kappa shape index (κ3) is 5.07. The van der Waals surface area contributed by atoms with Crippen LogP contribution in [0.1, 0.15) is 0 Å². The molecule has 0 saturated carbocycles. The average Bonchev–Trinajstić information content (AvgIpc) is 2.16. The first kappa shape index (κ1) is 14.3. The van der Waals surface area contributed by atoms with E-state index in [9.17, 15) is 13.2 Å². The molecule has 0 aliphatic rings. The molecule has 90 valence electrons. The van der Waals surface area contributed by atoms with Crippen LogP contribution < -0.4 is 0 Å². The molecular formula is C7H15NO6S. The maximum absolute atomic E-state index is 11.5. The second-order valence-electron chi connectivity index (χ2n) is 2.68. The van der Waals surface area contributed by atoms with Crippen LogP contribution in [0.15, 0.2) is 0 Å². The number of hydrogen-bond donors (Lipinski definition) is 2. The zero-order valence-electron chi connectivity index (χ0n) is 8.42. The number of carbonyl (C=O) groups is 1. The van der Waals surface area contributed by atoms with Crippen LogP contribution >= 0.6 is 0 Å². The number of sulfonamides is 1. The summed E-state index contributed by atoms with van der Waals surface area (Å²) in [5.74, 6) is -1.67.